The van der Waals surface area contributed by atoms with Crippen molar-refractivity contribution >= 4 is 14.6 Å². The lowest BCUT2D eigenvalue weighted by Crippen LogP contribution is -2.29. The maximum absolute atomic E-state index is 13.0. The zero-order valence-electron chi connectivity index (χ0n) is 8.61. The fourth-order valence-electron chi connectivity index (χ4n) is 0.886. The van der Waals surface area contributed by atoms with Gasteiger partial charge in [0.25, 0.3) is 0 Å². The maximum Gasteiger partial charge on any atom is 0.305 e. The van der Waals surface area contributed by atoms with Crippen LogP contribution < -0.4 is 0 Å². The Morgan fingerprint density at radius 2 is 2.07 bits per heavy atom. The first-order chi connectivity index (χ1) is 6.54. The van der Waals surface area contributed by atoms with E-state index in [1.165, 1.54) is 0 Å². The van der Waals surface area contributed by atoms with Crippen molar-refractivity contribution in [3.05, 3.63) is 0 Å². The number of halogens is 2. The Labute approximate surface area is 85.3 Å². The van der Waals surface area contributed by atoms with Gasteiger partial charge in [0.1, 0.15) is 0 Å². The molecule has 0 aliphatic heterocycles. The summed E-state index contributed by atoms with van der Waals surface area (Å²) in [6.07, 6.45) is 0.566. The Hall–Kier alpha value is -0.0800. The van der Waals surface area contributed by atoms with Gasteiger partial charge in [-0.2, -0.15) is 8.78 Å². The molecule has 14 heavy (non-hydrogen) atoms. The van der Waals surface area contributed by atoms with Crippen LogP contribution in [0.4, 0.5) is 8.78 Å². The molecule has 5 heteroatoms. The van der Waals surface area contributed by atoms with Crippen molar-refractivity contribution in [3.8, 4) is 0 Å². The Morgan fingerprint density at radius 1 is 1.43 bits per heavy atom. The molecule has 0 heterocycles. The van der Waals surface area contributed by atoms with Crippen molar-refractivity contribution in [2.45, 2.75) is 39.0 Å². The number of carbonyl (C=O) groups excluding carboxylic acids is 1. The second-order valence-electron chi connectivity index (χ2n) is 2.99. The van der Waals surface area contributed by atoms with Crippen molar-refractivity contribution in [1.29, 1.82) is 0 Å². The standard InChI is InChI=1S/C9H17F2O2P/c1-3-5-6-9(10,11)8(12)7-14-13-4-2/h14H,3-7H2,1-2H3. The molecule has 0 fully saturated rings. The first kappa shape index (κ1) is 13.9. The Kier molecular flexibility index (Phi) is 7.20. The number of rotatable bonds is 8. The minimum atomic E-state index is -3.15. The zero-order valence-corrected chi connectivity index (χ0v) is 9.61. The van der Waals surface area contributed by atoms with Crippen molar-refractivity contribution in [2.24, 2.45) is 0 Å². The molecule has 1 atom stereocenters. The number of alkyl halides is 2. The number of hydrogen-bond donors (Lipinski definition) is 0. The summed E-state index contributed by atoms with van der Waals surface area (Å²) >= 11 is 0. The van der Waals surface area contributed by atoms with Crippen LogP contribution in [-0.4, -0.2) is 24.5 Å². The molecule has 0 amide bonds. The van der Waals surface area contributed by atoms with Gasteiger partial charge in [-0.1, -0.05) is 13.3 Å². The fourth-order valence-corrected chi connectivity index (χ4v) is 1.58. The van der Waals surface area contributed by atoms with Gasteiger partial charge in [-0.15, -0.1) is 0 Å². The summed E-state index contributed by atoms with van der Waals surface area (Å²) in [5.41, 5.74) is 0. The second kappa shape index (κ2) is 7.24. The molecule has 1 unspecified atom stereocenters. The van der Waals surface area contributed by atoms with E-state index < -0.39 is 11.7 Å². The topological polar surface area (TPSA) is 26.3 Å². The number of hydrogen-bond acceptors (Lipinski definition) is 2. The summed E-state index contributed by atoms with van der Waals surface area (Å²) in [4.78, 5) is 11.0. The molecule has 0 bridgehead atoms. The Bertz CT molecular complexity index is 174. The minimum Gasteiger partial charge on any atom is -0.362 e. The van der Waals surface area contributed by atoms with Gasteiger partial charge >= 0.3 is 5.92 Å². The third-order valence-electron chi connectivity index (χ3n) is 1.73. The molecule has 0 rings (SSSR count). The summed E-state index contributed by atoms with van der Waals surface area (Å²) < 4.78 is 30.9. The van der Waals surface area contributed by atoms with Crippen LogP contribution in [0.15, 0.2) is 0 Å². The molecule has 0 saturated carbocycles. The van der Waals surface area contributed by atoms with E-state index in [1.54, 1.807) is 6.92 Å². The van der Waals surface area contributed by atoms with Gasteiger partial charge in [0, 0.05) is 21.8 Å². The average Bonchev–Trinajstić information content (AvgIpc) is 2.15. The molecule has 0 aromatic rings. The lowest BCUT2D eigenvalue weighted by atomic mass is 10.1. The van der Waals surface area contributed by atoms with E-state index in [0.717, 1.165) is 0 Å². The lowest BCUT2D eigenvalue weighted by Gasteiger charge is -2.13. The highest BCUT2D eigenvalue weighted by molar-refractivity contribution is 7.33. The monoisotopic (exact) mass is 226 g/mol. The molecule has 0 aromatic heterocycles. The number of Topliss-reactive ketones (excluding diaryl/α,β-unsaturated/α-hetero) is 1. The van der Waals surface area contributed by atoms with E-state index in [9.17, 15) is 13.6 Å². The van der Waals surface area contributed by atoms with Gasteiger partial charge in [-0.05, 0) is 13.3 Å². The number of ketones is 1. The lowest BCUT2D eigenvalue weighted by molar-refractivity contribution is -0.141. The Morgan fingerprint density at radius 3 is 2.57 bits per heavy atom. The van der Waals surface area contributed by atoms with Crippen molar-refractivity contribution in [2.75, 3.05) is 12.8 Å². The summed E-state index contributed by atoms with van der Waals surface area (Å²) in [5.74, 6) is -4.14. The number of carbonyl (C=O) groups is 1. The molecule has 0 saturated heterocycles. The maximum atomic E-state index is 13.0. The van der Waals surface area contributed by atoms with Gasteiger partial charge < -0.3 is 4.52 Å². The molecule has 0 aliphatic carbocycles. The SMILES string of the molecule is CCCCC(F)(F)C(=O)CPOCC. The molecule has 84 valence electrons. The largest absolute Gasteiger partial charge is 0.362 e. The van der Waals surface area contributed by atoms with Crippen molar-refractivity contribution in [1.82, 2.24) is 0 Å². The smallest absolute Gasteiger partial charge is 0.305 e. The van der Waals surface area contributed by atoms with Crippen LogP contribution in [0, 0.1) is 0 Å². The van der Waals surface area contributed by atoms with Crippen LogP contribution in [0.3, 0.4) is 0 Å². The van der Waals surface area contributed by atoms with Gasteiger partial charge in [0.15, 0.2) is 0 Å². The molecule has 0 radical (unpaired) electrons. The third-order valence-corrected chi connectivity index (χ3v) is 2.69. The van der Waals surface area contributed by atoms with E-state index >= 15 is 0 Å². The summed E-state index contributed by atoms with van der Waals surface area (Å²) in [5, 5.41) is 0. The molecular weight excluding hydrogens is 209 g/mol. The van der Waals surface area contributed by atoms with Gasteiger partial charge in [-0.3, -0.25) is 4.79 Å². The zero-order chi connectivity index (χ0) is 11.0. The predicted octanol–water partition coefficient (Wildman–Crippen LogP) is 3.01. The van der Waals surface area contributed by atoms with E-state index in [-0.39, 0.29) is 21.4 Å². The van der Waals surface area contributed by atoms with Crippen molar-refractivity contribution < 1.29 is 18.1 Å². The highest BCUT2D eigenvalue weighted by atomic mass is 31.1. The molecule has 0 aliphatic rings. The molecule has 0 spiro atoms. The van der Waals surface area contributed by atoms with Crippen LogP contribution in [0.2, 0.25) is 0 Å². The van der Waals surface area contributed by atoms with Crippen LogP contribution in [0.5, 0.6) is 0 Å². The van der Waals surface area contributed by atoms with Crippen LogP contribution in [-0.2, 0) is 9.32 Å². The molecular formula is C9H17F2O2P. The second-order valence-corrected chi connectivity index (χ2v) is 3.92. The minimum absolute atomic E-state index is 0.138. The summed E-state index contributed by atoms with van der Waals surface area (Å²) in [6.45, 7) is 4.06. The average molecular weight is 226 g/mol. The van der Waals surface area contributed by atoms with Gasteiger partial charge in [0.2, 0.25) is 5.78 Å². The van der Waals surface area contributed by atoms with E-state index in [1.807, 2.05) is 6.92 Å². The predicted molar refractivity (Wildman–Crippen MR) is 54.3 cm³/mol. The quantitative estimate of drug-likeness (QED) is 0.469. The highest BCUT2D eigenvalue weighted by Crippen LogP contribution is 2.25. The van der Waals surface area contributed by atoms with E-state index in [0.29, 0.717) is 19.4 Å². The van der Waals surface area contributed by atoms with E-state index in [2.05, 4.69) is 0 Å². The Balaban J connectivity index is 3.82. The van der Waals surface area contributed by atoms with Gasteiger partial charge in [0.05, 0.1) is 6.16 Å². The third kappa shape index (κ3) is 5.61. The van der Waals surface area contributed by atoms with Crippen LogP contribution in [0.25, 0.3) is 0 Å². The highest BCUT2D eigenvalue weighted by Gasteiger charge is 2.36. The van der Waals surface area contributed by atoms with Gasteiger partial charge in [-0.25, -0.2) is 0 Å². The normalized spacial score (nSPS) is 12.6. The first-order valence-electron chi connectivity index (χ1n) is 4.80. The van der Waals surface area contributed by atoms with E-state index in [4.69, 9.17) is 4.52 Å². The fraction of sp³-hybridized carbons (Fsp3) is 0.889. The van der Waals surface area contributed by atoms with Crippen LogP contribution in [0.1, 0.15) is 33.1 Å². The van der Waals surface area contributed by atoms with Crippen molar-refractivity contribution in [3.63, 3.8) is 0 Å². The first-order valence-corrected chi connectivity index (χ1v) is 5.92. The summed E-state index contributed by atoms with van der Waals surface area (Å²) in [7, 11) is -0.138. The summed E-state index contributed by atoms with van der Waals surface area (Å²) in [6, 6.07) is 0. The molecule has 0 N–H and O–H groups in total. The molecule has 2 nitrogen and oxygen atoms in total. The number of unbranched alkanes of at least 4 members (excludes halogenated alkanes) is 1. The van der Waals surface area contributed by atoms with Crippen LogP contribution >= 0.6 is 8.81 Å². The molecule has 0 aromatic carbocycles.